The first kappa shape index (κ1) is 16.2. The average molecular weight is 303 g/mol. The number of rotatable bonds is 4. The molecule has 2 nitrogen and oxygen atoms in total. The molecule has 114 valence electrons. The van der Waals surface area contributed by atoms with Gasteiger partial charge in [-0.1, -0.05) is 58.9 Å². The molecular formula is C18H25NOS. The van der Waals surface area contributed by atoms with Gasteiger partial charge in [0.15, 0.2) is 0 Å². The van der Waals surface area contributed by atoms with Gasteiger partial charge in [-0.25, -0.2) is 4.98 Å². The van der Waals surface area contributed by atoms with Crippen molar-refractivity contribution in [1.82, 2.24) is 4.98 Å². The fourth-order valence-electron chi connectivity index (χ4n) is 2.29. The molecule has 0 bridgehead atoms. The number of hydrogen-bond acceptors (Lipinski definition) is 3. The predicted octanol–water partition coefficient (Wildman–Crippen LogP) is 4.72. The number of benzene rings is 1. The molecular weight excluding hydrogens is 278 g/mol. The summed E-state index contributed by atoms with van der Waals surface area (Å²) in [4.78, 5) is 4.62. The zero-order valence-corrected chi connectivity index (χ0v) is 14.4. The van der Waals surface area contributed by atoms with Crippen LogP contribution in [0.5, 0.6) is 0 Å². The second-order valence-corrected chi connectivity index (χ2v) is 7.93. The highest BCUT2D eigenvalue weighted by atomic mass is 32.1. The zero-order valence-electron chi connectivity index (χ0n) is 13.6. The van der Waals surface area contributed by atoms with E-state index in [1.165, 1.54) is 5.56 Å². The van der Waals surface area contributed by atoms with E-state index in [1.807, 2.05) is 17.5 Å². The van der Waals surface area contributed by atoms with Crippen LogP contribution >= 0.6 is 11.3 Å². The molecule has 0 aliphatic rings. The fraction of sp³-hybridized carbons (Fsp3) is 0.500. The zero-order chi connectivity index (χ0) is 15.6. The van der Waals surface area contributed by atoms with Crippen molar-refractivity contribution < 1.29 is 5.11 Å². The van der Waals surface area contributed by atoms with E-state index in [2.05, 4.69) is 51.7 Å². The molecule has 1 aromatic heterocycles. The van der Waals surface area contributed by atoms with Crippen LogP contribution in [0.15, 0.2) is 29.6 Å². The van der Waals surface area contributed by atoms with E-state index in [0.717, 1.165) is 22.7 Å². The van der Waals surface area contributed by atoms with E-state index in [0.29, 0.717) is 5.92 Å². The summed E-state index contributed by atoms with van der Waals surface area (Å²) in [5.74, 6) is 0.615. The summed E-state index contributed by atoms with van der Waals surface area (Å²) in [7, 11) is 0. The molecule has 1 atom stereocenters. The molecule has 0 saturated heterocycles. The Bertz CT molecular complexity index is 595. The van der Waals surface area contributed by atoms with Gasteiger partial charge < -0.3 is 5.11 Å². The maximum atomic E-state index is 10.6. The van der Waals surface area contributed by atoms with Gasteiger partial charge in [-0.05, 0) is 23.5 Å². The summed E-state index contributed by atoms with van der Waals surface area (Å²) in [6, 6.07) is 8.22. The van der Waals surface area contributed by atoms with Crippen molar-refractivity contribution in [1.29, 1.82) is 0 Å². The normalized spacial score (nSPS) is 13.7. The van der Waals surface area contributed by atoms with Crippen molar-refractivity contribution in [3.63, 3.8) is 0 Å². The lowest BCUT2D eigenvalue weighted by molar-refractivity contribution is 0.215. The minimum atomic E-state index is -0.635. The molecule has 0 amide bonds. The van der Waals surface area contributed by atoms with Crippen molar-refractivity contribution in [2.75, 3.05) is 0 Å². The molecule has 2 aromatic rings. The molecule has 21 heavy (non-hydrogen) atoms. The highest BCUT2D eigenvalue weighted by molar-refractivity contribution is 7.09. The standard InChI is InChI=1S/C18H25NOS/c1-12(2)9-13-7-6-8-14(10-13)16(20)15-11-21-17(19-15)18(3,4)5/h6-8,10-12,16,20H,9H2,1-5H3. The molecule has 0 radical (unpaired) electrons. The lowest BCUT2D eigenvalue weighted by atomic mass is 9.97. The Morgan fingerprint density at radius 2 is 1.95 bits per heavy atom. The molecule has 1 unspecified atom stereocenters. The quantitative estimate of drug-likeness (QED) is 0.886. The van der Waals surface area contributed by atoms with E-state index in [4.69, 9.17) is 0 Å². The van der Waals surface area contributed by atoms with Crippen molar-refractivity contribution in [3.8, 4) is 0 Å². The van der Waals surface area contributed by atoms with E-state index in [-0.39, 0.29) is 5.41 Å². The minimum Gasteiger partial charge on any atom is -0.382 e. The van der Waals surface area contributed by atoms with Crippen molar-refractivity contribution in [3.05, 3.63) is 51.5 Å². The van der Waals surface area contributed by atoms with Crippen molar-refractivity contribution >= 4 is 11.3 Å². The van der Waals surface area contributed by atoms with E-state index >= 15 is 0 Å². The van der Waals surface area contributed by atoms with Crippen LogP contribution in [-0.4, -0.2) is 10.1 Å². The van der Waals surface area contributed by atoms with Crippen LogP contribution in [0.3, 0.4) is 0 Å². The monoisotopic (exact) mass is 303 g/mol. The third kappa shape index (κ3) is 4.14. The van der Waals surface area contributed by atoms with E-state index in [1.54, 1.807) is 11.3 Å². The van der Waals surface area contributed by atoms with Crippen LogP contribution in [0.25, 0.3) is 0 Å². The maximum Gasteiger partial charge on any atom is 0.122 e. The summed E-state index contributed by atoms with van der Waals surface area (Å²) < 4.78 is 0. The maximum absolute atomic E-state index is 10.6. The molecule has 2 rings (SSSR count). The van der Waals surface area contributed by atoms with Gasteiger partial charge in [0.1, 0.15) is 6.10 Å². The first-order valence-corrected chi connectivity index (χ1v) is 8.38. The average Bonchev–Trinajstić information content (AvgIpc) is 2.86. The van der Waals surface area contributed by atoms with Gasteiger partial charge in [0.2, 0.25) is 0 Å². The third-order valence-electron chi connectivity index (χ3n) is 3.35. The van der Waals surface area contributed by atoms with Gasteiger partial charge in [0.25, 0.3) is 0 Å². The molecule has 3 heteroatoms. The summed E-state index contributed by atoms with van der Waals surface area (Å²) in [6.07, 6.45) is 0.398. The molecule has 1 aromatic carbocycles. The van der Waals surface area contributed by atoms with Crippen LogP contribution in [0.1, 0.15) is 62.6 Å². The van der Waals surface area contributed by atoms with Gasteiger partial charge in [0.05, 0.1) is 10.7 Å². The Labute approximate surface area is 131 Å². The molecule has 0 spiro atoms. The third-order valence-corrected chi connectivity index (χ3v) is 4.64. The first-order valence-electron chi connectivity index (χ1n) is 7.50. The Morgan fingerprint density at radius 3 is 2.52 bits per heavy atom. The van der Waals surface area contributed by atoms with E-state index in [9.17, 15) is 5.11 Å². The number of thiazole rings is 1. The summed E-state index contributed by atoms with van der Waals surface area (Å²) in [6.45, 7) is 10.8. The van der Waals surface area contributed by atoms with Crippen LogP contribution in [0, 0.1) is 5.92 Å². The Hall–Kier alpha value is -1.19. The second kappa shape index (κ2) is 6.29. The number of nitrogens with zero attached hydrogens (tertiary/aromatic N) is 1. The van der Waals surface area contributed by atoms with Gasteiger partial charge in [0, 0.05) is 10.8 Å². The number of aromatic nitrogens is 1. The lowest BCUT2D eigenvalue weighted by Crippen LogP contribution is -2.11. The molecule has 1 N–H and O–H groups in total. The van der Waals surface area contributed by atoms with Crippen LogP contribution < -0.4 is 0 Å². The SMILES string of the molecule is CC(C)Cc1cccc(C(O)c2csc(C(C)(C)C)n2)c1. The number of aliphatic hydroxyl groups is 1. The van der Waals surface area contributed by atoms with Gasteiger partial charge in [-0.2, -0.15) is 0 Å². The minimum absolute atomic E-state index is 0.0299. The Balaban J connectivity index is 2.23. The first-order chi connectivity index (χ1) is 9.77. The Morgan fingerprint density at radius 1 is 1.24 bits per heavy atom. The lowest BCUT2D eigenvalue weighted by Gasteiger charge is -2.14. The predicted molar refractivity (Wildman–Crippen MR) is 89.9 cm³/mol. The molecule has 0 saturated carbocycles. The van der Waals surface area contributed by atoms with E-state index < -0.39 is 6.10 Å². The Kier molecular flexibility index (Phi) is 4.84. The van der Waals surface area contributed by atoms with Gasteiger partial charge >= 0.3 is 0 Å². The number of hydrogen-bond donors (Lipinski definition) is 1. The molecule has 1 heterocycles. The van der Waals surface area contributed by atoms with Crippen LogP contribution in [-0.2, 0) is 11.8 Å². The second-order valence-electron chi connectivity index (χ2n) is 7.07. The number of aliphatic hydroxyl groups excluding tert-OH is 1. The van der Waals surface area contributed by atoms with Crippen molar-refractivity contribution in [2.24, 2.45) is 5.92 Å². The summed E-state index contributed by atoms with van der Waals surface area (Å²) >= 11 is 1.62. The highest BCUT2D eigenvalue weighted by Crippen LogP contribution is 2.30. The van der Waals surface area contributed by atoms with Crippen LogP contribution in [0.4, 0.5) is 0 Å². The highest BCUT2D eigenvalue weighted by Gasteiger charge is 2.21. The summed E-state index contributed by atoms with van der Waals surface area (Å²) in [5, 5.41) is 13.6. The molecule has 0 aliphatic carbocycles. The van der Waals surface area contributed by atoms with Gasteiger partial charge in [-0.15, -0.1) is 11.3 Å². The topological polar surface area (TPSA) is 33.1 Å². The smallest absolute Gasteiger partial charge is 0.122 e. The molecule has 0 aliphatic heterocycles. The largest absolute Gasteiger partial charge is 0.382 e. The van der Waals surface area contributed by atoms with Gasteiger partial charge in [-0.3, -0.25) is 0 Å². The van der Waals surface area contributed by atoms with Crippen LogP contribution in [0.2, 0.25) is 0 Å². The summed E-state index contributed by atoms with van der Waals surface area (Å²) in [5.41, 5.74) is 2.99. The van der Waals surface area contributed by atoms with Crippen molar-refractivity contribution in [2.45, 2.75) is 52.6 Å². The fourth-order valence-corrected chi connectivity index (χ4v) is 3.21. The molecule has 0 fully saturated rings.